The van der Waals surface area contributed by atoms with Crippen LogP contribution in [0.4, 0.5) is 0 Å². The molecule has 180 valence electrons. The van der Waals surface area contributed by atoms with E-state index in [2.05, 4.69) is 0 Å². The van der Waals surface area contributed by atoms with Crippen LogP contribution in [0.1, 0.15) is 34.1 Å². The van der Waals surface area contributed by atoms with Gasteiger partial charge in [0.25, 0.3) is 5.91 Å². The van der Waals surface area contributed by atoms with Crippen molar-refractivity contribution < 1.29 is 14.3 Å². The SMILES string of the molecule is CCOCCCN(CC(=O)N(Cc1ccccc1)Cc1cccs1)C(=O)c1ccc(Cl)cc1Cl. The Morgan fingerprint density at radius 2 is 1.76 bits per heavy atom. The van der Waals surface area contributed by atoms with Crippen molar-refractivity contribution in [1.29, 1.82) is 0 Å². The zero-order valence-corrected chi connectivity index (χ0v) is 21.4. The maximum Gasteiger partial charge on any atom is 0.255 e. The molecule has 0 unspecified atom stereocenters. The third kappa shape index (κ3) is 7.84. The van der Waals surface area contributed by atoms with Gasteiger partial charge in [0.05, 0.1) is 17.1 Å². The number of hydrogen-bond donors (Lipinski definition) is 0. The van der Waals surface area contributed by atoms with Crippen molar-refractivity contribution in [3.05, 3.63) is 92.1 Å². The summed E-state index contributed by atoms with van der Waals surface area (Å²) in [6.45, 7) is 4.29. The van der Waals surface area contributed by atoms with E-state index in [1.54, 1.807) is 33.3 Å². The number of carbonyl (C=O) groups is 2. The molecule has 0 aliphatic carbocycles. The van der Waals surface area contributed by atoms with Crippen LogP contribution in [0.3, 0.4) is 0 Å². The lowest BCUT2D eigenvalue weighted by atomic mass is 10.1. The topological polar surface area (TPSA) is 49.9 Å². The Balaban J connectivity index is 1.80. The molecule has 0 aliphatic rings. The summed E-state index contributed by atoms with van der Waals surface area (Å²) in [6, 6.07) is 18.6. The predicted octanol–water partition coefficient (Wildman–Crippen LogP) is 6.15. The lowest BCUT2D eigenvalue weighted by Crippen LogP contribution is -2.43. The fourth-order valence-electron chi connectivity index (χ4n) is 3.48. The maximum absolute atomic E-state index is 13.5. The molecule has 34 heavy (non-hydrogen) atoms. The number of thiophene rings is 1. The van der Waals surface area contributed by atoms with Gasteiger partial charge in [-0.15, -0.1) is 11.3 Å². The molecule has 0 N–H and O–H groups in total. The molecule has 0 atom stereocenters. The van der Waals surface area contributed by atoms with Crippen molar-refractivity contribution in [1.82, 2.24) is 9.80 Å². The predicted molar refractivity (Wildman–Crippen MR) is 138 cm³/mol. The van der Waals surface area contributed by atoms with Crippen molar-refractivity contribution in [2.24, 2.45) is 0 Å². The third-order valence-electron chi connectivity index (χ3n) is 5.19. The molecule has 5 nitrogen and oxygen atoms in total. The smallest absolute Gasteiger partial charge is 0.255 e. The molecule has 0 bridgehead atoms. The van der Waals surface area contributed by atoms with Gasteiger partial charge in [0.15, 0.2) is 0 Å². The molecule has 3 rings (SSSR count). The summed E-state index contributed by atoms with van der Waals surface area (Å²) in [5.74, 6) is -0.436. The number of carbonyl (C=O) groups excluding carboxylic acids is 2. The minimum Gasteiger partial charge on any atom is -0.382 e. The van der Waals surface area contributed by atoms with Crippen LogP contribution in [0.15, 0.2) is 66.0 Å². The first-order valence-electron chi connectivity index (χ1n) is 11.1. The van der Waals surface area contributed by atoms with Crippen molar-refractivity contribution >= 4 is 46.4 Å². The summed E-state index contributed by atoms with van der Waals surface area (Å²) in [7, 11) is 0. The van der Waals surface area contributed by atoms with Crippen molar-refractivity contribution in [3.63, 3.8) is 0 Å². The van der Waals surface area contributed by atoms with Crippen molar-refractivity contribution in [2.75, 3.05) is 26.3 Å². The van der Waals surface area contributed by atoms with Gasteiger partial charge in [-0.25, -0.2) is 0 Å². The number of amides is 2. The monoisotopic (exact) mass is 518 g/mol. The Morgan fingerprint density at radius 1 is 0.971 bits per heavy atom. The molecule has 1 aromatic heterocycles. The van der Waals surface area contributed by atoms with Crippen LogP contribution >= 0.6 is 34.5 Å². The standard InChI is InChI=1S/C26H28Cl2N2O3S/c1-2-33-14-7-13-29(26(32)23-12-11-21(27)16-24(23)28)19-25(31)30(18-22-10-6-15-34-22)17-20-8-4-3-5-9-20/h3-6,8-12,15-16H,2,7,13-14,17-19H2,1H3. The number of ether oxygens (including phenoxy) is 1. The zero-order chi connectivity index (χ0) is 24.3. The average Bonchev–Trinajstić information content (AvgIpc) is 3.34. The highest BCUT2D eigenvalue weighted by atomic mass is 35.5. The van der Waals surface area contributed by atoms with Gasteiger partial charge in [-0.05, 0) is 48.6 Å². The molecule has 2 aromatic carbocycles. The first kappa shape index (κ1) is 26.2. The second-order valence-corrected chi connectivity index (χ2v) is 9.59. The van der Waals surface area contributed by atoms with Crippen LogP contribution in [-0.4, -0.2) is 47.9 Å². The molecule has 8 heteroatoms. The maximum atomic E-state index is 13.5. The first-order valence-corrected chi connectivity index (χ1v) is 12.8. The van der Waals surface area contributed by atoms with Crippen LogP contribution in [0.25, 0.3) is 0 Å². The van der Waals surface area contributed by atoms with Crippen LogP contribution in [0.2, 0.25) is 10.0 Å². The van der Waals surface area contributed by atoms with E-state index in [-0.39, 0.29) is 23.4 Å². The van der Waals surface area contributed by atoms with Crippen molar-refractivity contribution in [2.45, 2.75) is 26.4 Å². The van der Waals surface area contributed by atoms with Gasteiger partial charge < -0.3 is 14.5 Å². The Bertz CT molecular complexity index is 1060. The lowest BCUT2D eigenvalue weighted by molar-refractivity contribution is -0.133. The molecular formula is C26H28Cl2N2O3S. The summed E-state index contributed by atoms with van der Waals surface area (Å²) in [6.07, 6.45) is 0.613. The van der Waals surface area contributed by atoms with Gasteiger partial charge in [0.2, 0.25) is 5.91 Å². The average molecular weight is 519 g/mol. The lowest BCUT2D eigenvalue weighted by Gasteiger charge is -2.28. The number of hydrogen-bond acceptors (Lipinski definition) is 4. The van der Waals surface area contributed by atoms with Crippen molar-refractivity contribution in [3.8, 4) is 0 Å². The minimum atomic E-state index is -0.303. The Kier molecular flexibility index (Phi) is 10.4. The molecule has 1 heterocycles. The number of rotatable bonds is 12. The van der Waals surface area contributed by atoms with Gasteiger partial charge >= 0.3 is 0 Å². The molecule has 0 saturated carbocycles. The van der Waals surface area contributed by atoms with Crippen LogP contribution in [-0.2, 0) is 22.6 Å². The molecule has 0 aliphatic heterocycles. The first-order chi connectivity index (χ1) is 16.5. The quantitative estimate of drug-likeness (QED) is 0.270. The Morgan fingerprint density at radius 3 is 2.44 bits per heavy atom. The van der Waals surface area contributed by atoms with Crippen LogP contribution in [0, 0.1) is 0 Å². The highest BCUT2D eigenvalue weighted by Crippen LogP contribution is 2.23. The number of halogens is 2. The summed E-state index contributed by atoms with van der Waals surface area (Å²) in [4.78, 5) is 31.3. The second kappa shape index (κ2) is 13.5. The van der Waals surface area contributed by atoms with Gasteiger partial charge in [0.1, 0.15) is 6.54 Å². The van der Waals surface area contributed by atoms with Gasteiger partial charge in [0, 0.05) is 36.2 Å². The van der Waals surface area contributed by atoms with E-state index < -0.39 is 0 Å². The van der Waals surface area contributed by atoms with E-state index in [1.165, 1.54) is 6.07 Å². The van der Waals surface area contributed by atoms with E-state index in [1.807, 2.05) is 54.8 Å². The van der Waals surface area contributed by atoms with Crippen LogP contribution < -0.4 is 0 Å². The zero-order valence-electron chi connectivity index (χ0n) is 19.1. The largest absolute Gasteiger partial charge is 0.382 e. The second-order valence-electron chi connectivity index (χ2n) is 7.72. The van der Waals surface area contributed by atoms with E-state index in [0.717, 1.165) is 10.4 Å². The third-order valence-corrected chi connectivity index (χ3v) is 6.60. The Labute approximate surface area is 214 Å². The number of benzene rings is 2. The van der Waals surface area contributed by atoms with Gasteiger partial charge in [-0.2, -0.15) is 0 Å². The molecule has 0 fully saturated rings. The molecule has 0 radical (unpaired) electrons. The van der Waals surface area contributed by atoms with E-state index >= 15 is 0 Å². The fourth-order valence-corrected chi connectivity index (χ4v) is 4.69. The highest BCUT2D eigenvalue weighted by Gasteiger charge is 2.24. The summed E-state index contributed by atoms with van der Waals surface area (Å²) in [5.41, 5.74) is 1.35. The molecule has 2 amide bonds. The van der Waals surface area contributed by atoms with Gasteiger partial charge in [-0.3, -0.25) is 9.59 Å². The van der Waals surface area contributed by atoms with Crippen LogP contribution in [0.5, 0.6) is 0 Å². The number of nitrogens with zero attached hydrogens (tertiary/aromatic N) is 2. The van der Waals surface area contributed by atoms with E-state index in [0.29, 0.717) is 49.9 Å². The molecule has 0 spiro atoms. The Hall–Kier alpha value is -2.38. The summed E-state index contributed by atoms with van der Waals surface area (Å²) in [5, 5.41) is 2.71. The van der Waals surface area contributed by atoms with E-state index in [4.69, 9.17) is 27.9 Å². The molecule has 0 saturated heterocycles. The minimum absolute atomic E-state index is 0.0534. The molecular weight excluding hydrogens is 491 g/mol. The summed E-state index contributed by atoms with van der Waals surface area (Å²) < 4.78 is 5.43. The van der Waals surface area contributed by atoms with E-state index in [9.17, 15) is 9.59 Å². The fraction of sp³-hybridized carbons (Fsp3) is 0.308. The summed E-state index contributed by atoms with van der Waals surface area (Å²) >= 11 is 13.9. The normalized spacial score (nSPS) is 10.8. The molecule has 3 aromatic rings. The highest BCUT2D eigenvalue weighted by molar-refractivity contribution is 7.09. The van der Waals surface area contributed by atoms with Gasteiger partial charge in [-0.1, -0.05) is 59.6 Å².